The van der Waals surface area contributed by atoms with Crippen molar-refractivity contribution >= 4 is 0 Å². The van der Waals surface area contributed by atoms with E-state index in [4.69, 9.17) is 10.00 Å². The van der Waals surface area contributed by atoms with Gasteiger partial charge in [0, 0.05) is 6.20 Å². The summed E-state index contributed by atoms with van der Waals surface area (Å²) in [7, 11) is 0. The van der Waals surface area contributed by atoms with Gasteiger partial charge in [-0.05, 0) is 30.9 Å². The molecule has 0 saturated heterocycles. The van der Waals surface area contributed by atoms with Gasteiger partial charge >= 0.3 is 0 Å². The lowest BCUT2D eigenvalue weighted by molar-refractivity contribution is 0.175. The van der Waals surface area contributed by atoms with Gasteiger partial charge in [-0.3, -0.25) is 0 Å². The number of rotatable bonds is 3. The summed E-state index contributed by atoms with van der Waals surface area (Å²) >= 11 is 0. The molecule has 0 spiro atoms. The Balaban J connectivity index is 1.97. The molecule has 1 heterocycles. The second kappa shape index (κ2) is 4.10. The van der Waals surface area contributed by atoms with Gasteiger partial charge in [0.2, 0.25) is 5.88 Å². The van der Waals surface area contributed by atoms with Crippen molar-refractivity contribution in [2.75, 3.05) is 6.61 Å². The fraction of sp³-hybridized carbons (Fsp3) is 0.455. The number of pyridine rings is 1. The van der Waals surface area contributed by atoms with Crippen LogP contribution in [0.15, 0.2) is 18.3 Å². The summed E-state index contributed by atoms with van der Waals surface area (Å²) in [4.78, 5) is 4.04. The number of nitriles is 1. The molecule has 0 unspecified atom stereocenters. The zero-order chi connectivity index (χ0) is 9.80. The molecule has 0 radical (unpaired) electrons. The first kappa shape index (κ1) is 9.01. The van der Waals surface area contributed by atoms with E-state index in [1.54, 1.807) is 18.3 Å². The van der Waals surface area contributed by atoms with Crippen LogP contribution in [0.4, 0.5) is 0 Å². The Morgan fingerprint density at radius 1 is 1.57 bits per heavy atom. The standard InChI is InChI=1S/C11H12N2O/c12-7-10-5-2-6-13-11(10)14-8-9-3-1-4-9/h2,5-6,9H,1,3-4,8H2. The zero-order valence-corrected chi connectivity index (χ0v) is 7.94. The van der Waals surface area contributed by atoms with Crippen molar-refractivity contribution in [1.82, 2.24) is 4.98 Å². The Hall–Kier alpha value is -1.56. The molecule has 1 aliphatic rings. The summed E-state index contributed by atoms with van der Waals surface area (Å²) in [6.45, 7) is 0.700. The highest BCUT2D eigenvalue weighted by Crippen LogP contribution is 2.27. The minimum Gasteiger partial charge on any atom is -0.476 e. The van der Waals surface area contributed by atoms with Crippen LogP contribution in [0.2, 0.25) is 0 Å². The number of nitrogens with zero attached hydrogens (tertiary/aromatic N) is 2. The molecule has 0 N–H and O–H groups in total. The maximum atomic E-state index is 8.78. The van der Waals surface area contributed by atoms with E-state index in [2.05, 4.69) is 11.1 Å². The first-order valence-corrected chi connectivity index (χ1v) is 4.88. The molecule has 1 aliphatic carbocycles. The van der Waals surface area contributed by atoms with E-state index in [0.29, 0.717) is 24.0 Å². The summed E-state index contributed by atoms with van der Waals surface area (Å²) in [6, 6.07) is 5.54. The quantitative estimate of drug-likeness (QED) is 0.730. The van der Waals surface area contributed by atoms with Gasteiger partial charge in [0.15, 0.2) is 0 Å². The van der Waals surface area contributed by atoms with E-state index in [9.17, 15) is 0 Å². The second-order valence-corrected chi connectivity index (χ2v) is 3.58. The van der Waals surface area contributed by atoms with Crippen molar-refractivity contribution in [2.24, 2.45) is 5.92 Å². The van der Waals surface area contributed by atoms with Gasteiger partial charge in [-0.2, -0.15) is 5.26 Å². The Bertz CT molecular complexity index is 353. The molecule has 1 aromatic heterocycles. The maximum Gasteiger partial charge on any atom is 0.231 e. The molecule has 3 heteroatoms. The molecular weight excluding hydrogens is 176 g/mol. The van der Waals surface area contributed by atoms with Gasteiger partial charge in [-0.15, -0.1) is 0 Å². The summed E-state index contributed by atoms with van der Waals surface area (Å²) < 4.78 is 5.50. The average molecular weight is 188 g/mol. The van der Waals surface area contributed by atoms with Gasteiger partial charge in [0.25, 0.3) is 0 Å². The summed E-state index contributed by atoms with van der Waals surface area (Å²) in [5.41, 5.74) is 0.520. The molecular formula is C11H12N2O. The normalized spacial score (nSPS) is 15.6. The summed E-state index contributed by atoms with van der Waals surface area (Å²) in [5, 5.41) is 8.78. The van der Waals surface area contributed by atoms with Crippen molar-refractivity contribution in [3.63, 3.8) is 0 Å². The number of hydrogen-bond donors (Lipinski definition) is 0. The summed E-state index contributed by atoms with van der Waals surface area (Å²) in [6.07, 6.45) is 5.45. The van der Waals surface area contributed by atoms with E-state index in [1.807, 2.05) is 0 Å². The smallest absolute Gasteiger partial charge is 0.231 e. The number of aromatic nitrogens is 1. The predicted octanol–water partition coefficient (Wildman–Crippen LogP) is 2.13. The Kier molecular flexibility index (Phi) is 2.64. The predicted molar refractivity (Wildman–Crippen MR) is 51.8 cm³/mol. The highest BCUT2D eigenvalue weighted by Gasteiger charge is 2.18. The SMILES string of the molecule is N#Cc1cccnc1OCC1CCC1. The molecule has 72 valence electrons. The fourth-order valence-electron chi connectivity index (χ4n) is 1.45. The molecule has 0 aromatic carbocycles. The van der Waals surface area contributed by atoms with Crippen LogP contribution in [-0.2, 0) is 0 Å². The van der Waals surface area contributed by atoms with Crippen molar-refractivity contribution in [3.8, 4) is 11.9 Å². The van der Waals surface area contributed by atoms with E-state index in [-0.39, 0.29) is 0 Å². The van der Waals surface area contributed by atoms with Crippen LogP contribution in [0, 0.1) is 17.2 Å². The molecule has 3 nitrogen and oxygen atoms in total. The Morgan fingerprint density at radius 3 is 3.07 bits per heavy atom. The summed E-state index contributed by atoms with van der Waals surface area (Å²) in [5.74, 6) is 1.14. The average Bonchev–Trinajstić information content (AvgIpc) is 2.16. The van der Waals surface area contributed by atoms with E-state index >= 15 is 0 Å². The first-order chi connectivity index (χ1) is 6.90. The molecule has 0 amide bonds. The lowest BCUT2D eigenvalue weighted by Gasteiger charge is -2.24. The van der Waals surface area contributed by atoms with Crippen LogP contribution in [0.3, 0.4) is 0 Å². The van der Waals surface area contributed by atoms with E-state index in [0.717, 1.165) is 0 Å². The Morgan fingerprint density at radius 2 is 2.43 bits per heavy atom. The van der Waals surface area contributed by atoms with Gasteiger partial charge in [0.1, 0.15) is 11.6 Å². The molecule has 0 bridgehead atoms. The molecule has 0 aliphatic heterocycles. The van der Waals surface area contributed by atoms with Crippen LogP contribution >= 0.6 is 0 Å². The van der Waals surface area contributed by atoms with Crippen molar-refractivity contribution < 1.29 is 4.74 Å². The van der Waals surface area contributed by atoms with Crippen LogP contribution in [0.5, 0.6) is 5.88 Å². The monoisotopic (exact) mass is 188 g/mol. The number of ether oxygens (including phenoxy) is 1. The minimum atomic E-state index is 0.474. The second-order valence-electron chi connectivity index (χ2n) is 3.58. The van der Waals surface area contributed by atoms with E-state index < -0.39 is 0 Å². The molecule has 1 aromatic rings. The first-order valence-electron chi connectivity index (χ1n) is 4.88. The maximum absolute atomic E-state index is 8.78. The fourth-order valence-corrected chi connectivity index (χ4v) is 1.45. The van der Waals surface area contributed by atoms with E-state index in [1.165, 1.54) is 19.3 Å². The third kappa shape index (κ3) is 1.85. The lowest BCUT2D eigenvalue weighted by atomic mass is 9.86. The third-order valence-electron chi connectivity index (χ3n) is 2.57. The highest BCUT2D eigenvalue weighted by molar-refractivity contribution is 5.36. The van der Waals surface area contributed by atoms with Crippen LogP contribution < -0.4 is 4.74 Å². The van der Waals surface area contributed by atoms with Gasteiger partial charge in [-0.1, -0.05) is 6.42 Å². The third-order valence-corrected chi connectivity index (χ3v) is 2.57. The minimum absolute atomic E-state index is 0.474. The number of hydrogen-bond acceptors (Lipinski definition) is 3. The van der Waals surface area contributed by atoms with Crippen LogP contribution in [-0.4, -0.2) is 11.6 Å². The van der Waals surface area contributed by atoms with Crippen molar-refractivity contribution in [3.05, 3.63) is 23.9 Å². The highest BCUT2D eigenvalue weighted by atomic mass is 16.5. The van der Waals surface area contributed by atoms with Gasteiger partial charge in [-0.25, -0.2) is 4.98 Å². The molecule has 1 saturated carbocycles. The van der Waals surface area contributed by atoms with Crippen molar-refractivity contribution in [1.29, 1.82) is 5.26 Å². The van der Waals surface area contributed by atoms with Gasteiger partial charge in [0.05, 0.1) is 6.61 Å². The molecule has 1 fully saturated rings. The molecule has 2 rings (SSSR count). The topological polar surface area (TPSA) is 45.9 Å². The van der Waals surface area contributed by atoms with Crippen LogP contribution in [0.1, 0.15) is 24.8 Å². The molecule has 14 heavy (non-hydrogen) atoms. The molecule has 0 atom stereocenters. The lowest BCUT2D eigenvalue weighted by Crippen LogP contribution is -2.19. The largest absolute Gasteiger partial charge is 0.476 e. The van der Waals surface area contributed by atoms with Crippen molar-refractivity contribution in [2.45, 2.75) is 19.3 Å². The Labute approximate surface area is 83.3 Å². The zero-order valence-electron chi connectivity index (χ0n) is 7.94. The van der Waals surface area contributed by atoms with Gasteiger partial charge < -0.3 is 4.74 Å². The van der Waals surface area contributed by atoms with Crippen LogP contribution in [0.25, 0.3) is 0 Å².